The third-order valence-electron chi connectivity index (χ3n) is 4.29. The van der Waals surface area contributed by atoms with E-state index < -0.39 is 5.97 Å². The summed E-state index contributed by atoms with van der Waals surface area (Å²) in [5, 5.41) is 22.7. The number of benzene rings is 1. The van der Waals surface area contributed by atoms with Crippen LogP contribution in [0.4, 0.5) is 0 Å². The fourth-order valence-electron chi connectivity index (χ4n) is 3.02. The van der Waals surface area contributed by atoms with Gasteiger partial charge in [0.1, 0.15) is 5.75 Å². The van der Waals surface area contributed by atoms with Crippen LogP contribution >= 0.6 is 15.9 Å². The lowest BCUT2D eigenvalue weighted by Gasteiger charge is -2.31. The average molecular weight is 356 g/mol. The van der Waals surface area contributed by atoms with Gasteiger partial charge in [0.05, 0.1) is 5.92 Å². The summed E-state index contributed by atoms with van der Waals surface area (Å²) < 4.78 is 0.949. The van der Waals surface area contributed by atoms with Crippen LogP contribution in [0.2, 0.25) is 0 Å². The predicted molar refractivity (Wildman–Crippen MR) is 85.4 cm³/mol. The number of carbonyl (C=O) groups is 1. The molecule has 0 aliphatic heterocycles. The molecule has 5 heteroatoms. The van der Waals surface area contributed by atoms with Crippen molar-refractivity contribution in [3.05, 3.63) is 28.2 Å². The predicted octanol–water partition coefficient (Wildman–Crippen LogP) is 3.84. The number of carboxylic acids is 1. The molecule has 1 unspecified atom stereocenters. The Hall–Kier alpha value is -1.07. The van der Waals surface area contributed by atoms with Gasteiger partial charge in [-0.2, -0.15) is 0 Å². The highest BCUT2D eigenvalue weighted by atomic mass is 79.9. The molecule has 0 bridgehead atoms. The number of hydrogen-bond acceptors (Lipinski definition) is 3. The van der Waals surface area contributed by atoms with Crippen LogP contribution < -0.4 is 5.32 Å². The van der Waals surface area contributed by atoms with E-state index >= 15 is 0 Å². The molecule has 21 heavy (non-hydrogen) atoms. The van der Waals surface area contributed by atoms with Crippen LogP contribution in [0.1, 0.15) is 50.6 Å². The van der Waals surface area contributed by atoms with Gasteiger partial charge in [-0.25, -0.2) is 0 Å². The van der Waals surface area contributed by atoms with Gasteiger partial charge < -0.3 is 15.5 Å². The lowest BCUT2D eigenvalue weighted by Crippen LogP contribution is -2.37. The second-order valence-corrected chi connectivity index (χ2v) is 6.63. The normalized spacial score (nSPS) is 23.7. The molecule has 3 N–H and O–H groups in total. The zero-order valence-electron chi connectivity index (χ0n) is 12.2. The van der Waals surface area contributed by atoms with Crippen LogP contribution in [0.15, 0.2) is 22.7 Å². The van der Waals surface area contributed by atoms with Crippen molar-refractivity contribution in [2.45, 2.75) is 51.1 Å². The van der Waals surface area contributed by atoms with Gasteiger partial charge in [0.2, 0.25) is 0 Å². The Morgan fingerprint density at radius 1 is 1.38 bits per heavy atom. The summed E-state index contributed by atoms with van der Waals surface area (Å²) in [6.45, 7) is 2.08. The molecular formula is C16H22BrNO3. The molecule has 1 aliphatic rings. The minimum Gasteiger partial charge on any atom is -0.508 e. The SMILES string of the molecule is CCC(NC1CCC(C(=O)O)CC1)c1cc(Br)ccc1O. The van der Waals surface area contributed by atoms with E-state index in [9.17, 15) is 9.90 Å². The van der Waals surface area contributed by atoms with Crippen LogP contribution in [0, 0.1) is 5.92 Å². The molecule has 4 nitrogen and oxygen atoms in total. The first-order valence-electron chi connectivity index (χ1n) is 7.48. The van der Waals surface area contributed by atoms with Gasteiger partial charge >= 0.3 is 5.97 Å². The first kappa shape index (κ1) is 16.3. The monoisotopic (exact) mass is 355 g/mol. The van der Waals surface area contributed by atoms with Gasteiger partial charge in [-0.05, 0) is 50.3 Å². The highest BCUT2D eigenvalue weighted by molar-refractivity contribution is 9.10. The summed E-state index contributed by atoms with van der Waals surface area (Å²) in [5.41, 5.74) is 0.896. The molecule has 0 radical (unpaired) electrons. The zero-order chi connectivity index (χ0) is 15.4. The Labute approximate surface area is 133 Å². The number of halogens is 1. The number of phenols is 1. The maximum absolute atomic E-state index is 11.0. The Kier molecular flexibility index (Phi) is 5.65. The van der Waals surface area contributed by atoms with E-state index in [0.717, 1.165) is 42.1 Å². The third-order valence-corrected chi connectivity index (χ3v) is 4.78. The Morgan fingerprint density at radius 2 is 2.05 bits per heavy atom. The van der Waals surface area contributed by atoms with Crippen molar-refractivity contribution >= 4 is 21.9 Å². The molecule has 1 fully saturated rings. The number of carboxylic acid groups (broad SMARTS) is 1. The maximum atomic E-state index is 11.0. The minimum absolute atomic E-state index is 0.0916. The molecule has 2 rings (SSSR count). The van der Waals surface area contributed by atoms with Crippen molar-refractivity contribution in [2.75, 3.05) is 0 Å². The van der Waals surface area contributed by atoms with Crippen molar-refractivity contribution < 1.29 is 15.0 Å². The van der Waals surface area contributed by atoms with Crippen molar-refractivity contribution in [1.29, 1.82) is 0 Å². The Balaban J connectivity index is 2.00. The van der Waals surface area contributed by atoms with E-state index in [0.29, 0.717) is 11.8 Å². The third kappa shape index (κ3) is 4.20. The van der Waals surface area contributed by atoms with Crippen molar-refractivity contribution in [1.82, 2.24) is 5.32 Å². The molecule has 116 valence electrons. The molecule has 1 saturated carbocycles. The van der Waals surface area contributed by atoms with Crippen LogP contribution in [0.25, 0.3) is 0 Å². The highest BCUT2D eigenvalue weighted by Gasteiger charge is 2.27. The van der Waals surface area contributed by atoms with E-state index in [1.165, 1.54) is 0 Å². The average Bonchev–Trinajstić information content (AvgIpc) is 2.48. The topological polar surface area (TPSA) is 69.6 Å². The molecule has 0 aromatic heterocycles. The summed E-state index contributed by atoms with van der Waals surface area (Å²) in [4.78, 5) is 11.0. The summed E-state index contributed by atoms with van der Waals surface area (Å²) in [7, 11) is 0. The highest BCUT2D eigenvalue weighted by Crippen LogP contribution is 2.32. The zero-order valence-corrected chi connectivity index (χ0v) is 13.8. The second-order valence-electron chi connectivity index (χ2n) is 5.72. The van der Waals surface area contributed by atoms with Gasteiger partial charge in [-0.3, -0.25) is 4.79 Å². The van der Waals surface area contributed by atoms with Gasteiger partial charge in [0.15, 0.2) is 0 Å². The second kappa shape index (κ2) is 7.27. The number of aliphatic carboxylic acids is 1. The number of hydrogen-bond donors (Lipinski definition) is 3. The number of rotatable bonds is 5. The summed E-state index contributed by atoms with van der Waals surface area (Å²) >= 11 is 3.44. The van der Waals surface area contributed by atoms with Gasteiger partial charge in [-0.15, -0.1) is 0 Å². The lowest BCUT2D eigenvalue weighted by molar-refractivity contribution is -0.142. The molecule has 0 heterocycles. The lowest BCUT2D eigenvalue weighted by atomic mass is 9.85. The quantitative estimate of drug-likeness (QED) is 0.750. The van der Waals surface area contributed by atoms with E-state index in [1.807, 2.05) is 12.1 Å². The molecule has 0 saturated heterocycles. The standard InChI is InChI=1S/C16H22BrNO3/c1-2-14(13-9-11(17)5-8-15(13)19)18-12-6-3-10(4-7-12)16(20)21/h5,8-10,12,14,18-19H,2-4,6-7H2,1H3,(H,20,21). The molecule has 1 aromatic carbocycles. The van der Waals surface area contributed by atoms with Crippen LogP contribution in [0.3, 0.4) is 0 Å². The first-order chi connectivity index (χ1) is 10.0. The Morgan fingerprint density at radius 3 is 2.62 bits per heavy atom. The van der Waals surface area contributed by atoms with E-state index in [4.69, 9.17) is 5.11 Å². The van der Waals surface area contributed by atoms with Crippen molar-refractivity contribution in [3.63, 3.8) is 0 Å². The molecule has 0 amide bonds. The smallest absolute Gasteiger partial charge is 0.306 e. The largest absolute Gasteiger partial charge is 0.508 e. The minimum atomic E-state index is -0.676. The molecular weight excluding hydrogens is 334 g/mol. The Bertz CT molecular complexity index is 498. The molecule has 0 spiro atoms. The summed E-state index contributed by atoms with van der Waals surface area (Å²) in [6, 6.07) is 5.88. The van der Waals surface area contributed by atoms with Crippen molar-refractivity contribution in [3.8, 4) is 5.75 Å². The van der Waals surface area contributed by atoms with Crippen molar-refractivity contribution in [2.24, 2.45) is 5.92 Å². The van der Waals surface area contributed by atoms with Gasteiger partial charge in [-0.1, -0.05) is 22.9 Å². The summed E-state index contributed by atoms with van der Waals surface area (Å²) in [5.74, 6) is -0.565. The van der Waals surface area contributed by atoms with Crippen LogP contribution in [0.5, 0.6) is 5.75 Å². The fourth-order valence-corrected chi connectivity index (χ4v) is 3.40. The van der Waals surface area contributed by atoms with Crippen LogP contribution in [-0.2, 0) is 4.79 Å². The van der Waals surface area contributed by atoms with E-state index in [2.05, 4.69) is 28.2 Å². The fraction of sp³-hybridized carbons (Fsp3) is 0.562. The van der Waals surface area contributed by atoms with Gasteiger partial charge in [0, 0.05) is 22.1 Å². The number of nitrogens with one attached hydrogen (secondary N) is 1. The van der Waals surface area contributed by atoms with Crippen LogP contribution in [-0.4, -0.2) is 22.2 Å². The molecule has 1 aromatic rings. The van der Waals surface area contributed by atoms with Gasteiger partial charge in [0.25, 0.3) is 0 Å². The summed E-state index contributed by atoms with van der Waals surface area (Å²) in [6.07, 6.45) is 4.09. The maximum Gasteiger partial charge on any atom is 0.306 e. The molecule has 1 aliphatic carbocycles. The van der Waals surface area contributed by atoms with E-state index in [1.54, 1.807) is 6.07 Å². The number of aromatic hydroxyl groups is 1. The first-order valence-corrected chi connectivity index (χ1v) is 8.27. The van der Waals surface area contributed by atoms with E-state index in [-0.39, 0.29) is 12.0 Å². The number of phenolic OH excluding ortho intramolecular Hbond substituents is 1. The molecule has 1 atom stereocenters.